The first-order chi connectivity index (χ1) is 12.1. The number of anilines is 1. The SMILES string of the molecule is Cc1nn(C)c(-c2c[nH]c3ccccc23)c1NC(=O)c1ccccc1. The van der Waals surface area contributed by atoms with E-state index in [9.17, 15) is 4.79 Å². The number of fused-ring (bicyclic) bond motifs is 1. The molecule has 4 aromatic rings. The zero-order valence-corrected chi connectivity index (χ0v) is 14.1. The van der Waals surface area contributed by atoms with Crippen LogP contribution < -0.4 is 5.32 Å². The van der Waals surface area contributed by atoms with Crippen molar-refractivity contribution in [3.05, 3.63) is 72.1 Å². The van der Waals surface area contributed by atoms with Crippen molar-refractivity contribution < 1.29 is 4.79 Å². The van der Waals surface area contributed by atoms with Gasteiger partial charge in [-0.15, -0.1) is 0 Å². The van der Waals surface area contributed by atoms with E-state index in [1.165, 1.54) is 0 Å². The number of hydrogen-bond donors (Lipinski definition) is 2. The number of aromatic nitrogens is 3. The molecule has 0 saturated heterocycles. The Morgan fingerprint density at radius 2 is 1.80 bits per heavy atom. The highest BCUT2D eigenvalue weighted by Gasteiger charge is 2.20. The predicted molar refractivity (Wildman–Crippen MR) is 99.6 cm³/mol. The van der Waals surface area contributed by atoms with Gasteiger partial charge in [-0.2, -0.15) is 5.10 Å². The Morgan fingerprint density at radius 1 is 1.08 bits per heavy atom. The van der Waals surface area contributed by atoms with Crippen LogP contribution in [0.4, 0.5) is 5.69 Å². The number of benzene rings is 2. The maximum Gasteiger partial charge on any atom is 0.255 e. The first-order valence-electron chi connectivity index (χ1n) is 8.11. The van der Waals surface area contributed by atoms with Crippen molar-refractivity contribution in [2.24, 2.45) is 7.05 Å². The summed E-state index contributed by atoms with van der Waals surface area (Å²) < 4.78 is 1.81. The van der Waals surface area contributed by atoms with Crippen molar-refractivity contribution >= 4 is 22.5 Å². The molecule has 5 heteroatoms. The van der Waals surface area contributed by atoms with E-state index in [2.05, 4.69) is 21.5 Å². The minimum Gasteiger partial charge on any atom is -0.360 e. The van der Waals surface area contributed by atoms with Crippen LogP contribution in [0.1, 0.15) is 16.1 Å². The topological polar surface area (TPSA) is 62.7 Å². The van der Waals surface area contributed by atoms with Gasteiger partial charge in [0.25, 0.3) is 5.91 Å². The van der Waals surface area contributed by atoms with Gasteiger partial charge in [0.15, 0.2) is 0 Å². The highest BCUT2D eigenvalue weighted by molar-refractivity contribution is 6.08. The number of amides is 1. The molecule has 0 bridgehead atoms. The van der Waals surface area contributed by atoms with Gasteiger partial charge in [-0.3, -0.25) is 9.48 Å². The maximum absolute atomic E-state index is 12.6. The van der Waals surface area contributed by atoms with Gasteiger partial charge in [-0.05, 0) is 25.1 Å². The van der Waals surface area contributed by atoms with Gasteiger partial charge in [-0.1, -0.05) is 36.4 Å². The fourth-order valence-electron chi connectivity index (χ4n) is 3.16. The predicted octanol–water partition coefficient (Wildman–Crippen LogP) is 4.13. The van der Waals surface area contributed by atoms with E-state index in [4.69, 9.17) is 0 Å². The smallest absolute Gasteiger partial charge is 0.255 e. The third-order valence-corrected chi connectivity index (χ3v) is 4.34. The summed E-state index contributed by atoms with van der Waals surface area (Å²) in [5.41, 5.74) is 5.10. The standard InChI is InChI=1S/C20H18N4O/c1-13-18(22-20(25)14-8-4-3-5-9-14)19(24(2)23-13)16-12-21-17-11-7-6-10-15(16)17/h3-12,21H,1-2H3,(H,22,25). The molecule has 0 saturated carbocycles. The number of nitrogens with one attached hydrogen (secondary N) is 2. The number of carbonyl (C=O) groups excluding carboxylic acids is 1. The number of rotatable bonds is 3. The molecule has 1 amide bonds. The lowest BCUT2D eigenvalue weighted by Gasteiger charge is -2.08. The average Bonchev–Trinajstić information content (AvgIpc) is 3.16. The Balaban J connectivity index is 1.81. The van der Waals surface area contributed by atoms with E-state index in [1.807, 2.05) is 61.2 Å². The van der Waals surface area contributed by atoms with Crippen molar-refractivity contribution in [1.29, 1.82) is 0 Å². The number of nitrogens with zero attached hydrogens (tertiary/aromatic N) is 2. The number of carbonyl (C=O) groups is 1. The average molecular weight is 330 g/mol. The van der Waals surface area contributed by atoms with Gasteiger partial charge in [0.05, 0.1) is 17.1 Å². The molecule has 0 radical (unpaired) electrons. The maximum atomic E-state index is 12.6. The number of H-pyrrole nitrogens is 1. The van der Waals surface area contributed by atoms with Crippen LogP contribution in [0.3, 0.4) is 0 Å². The number of hydrogen-bond acceptors (Lipinski definition) is 2. The van der Waals surface area contributed by atoms with E-state index >= 15 is 0 Å². The molecule has 0 aliphatic heterocycles. The van der Waals surface area contributed by atoms with Crippen molar-refractivity contribution in [2.75, 3.05) is 5.32 Å². The van der Waals surface area contributed by atoms with Crippen molar-refractivity contribution in [1.82, 2.24) is 14.8 Å². The Morgan fingerprint density at radius 3 is 2.60 bits per heavy atom. The Hall–Kier alpha value is -3.34. The van der Waals surface area contributed by atoms with E-state index in [0.29, 0.717) is 5.56 Å². The van der Waals surface area contributed by atoms with Gasteiger partial charge in [0.2, 0.25) is 0 Å². The molecule has 0 unspecified atom stereocenters. The summed E-state index contributed by atoms with van der Waals surface area (Å²) in [5, 5.41) is 8.64. The molecule has 0 atom stereocenters. The lowest BCUT2D eigenvalue weighted by atomic mass is 10.1. The normalized spacial score (nSPS) is 11.0. The quantitative estimate of drug-likeness (QED) is 0.593. The van der Waals surface area contributed by atoms with Crippen molar-refractivity contribution in [3.8, 4) is 11.3 Å². The zero-order valence-electron chi connectivity index (χ0n) is 14.1. The fourth-order valence-corrected chi connectivity index (χ4v) is 3.16. The van der Waals surface area contributed by atoms with E-state index in [1.54, 1.807) is 12.1 Å². The molecule has 4 rings (SSSR count). The summed E-state index contributed by atoms with van der Waals surface area (Å²) in [6.07, 6.45) is 1.96. The molecule has 25 heavy (non-hydrogen) atoms. The molecular weight excluding hydrogens is 312 g/mol. The third kappa shape index (κ3) is 2.59. The van der Waals surface area contributed by atoms with Crippen molar-refractivity contribution in [3.63, 3.8) is 0 Å². The summed E-state index contributed by atoms with van der Waals surface area (Å²) >= 11 is 0. The van der Waals surface area contributed by atoms with Crippen LogP contribution in [0.25, 0.3) is 22.2 Å². The summed E-state index contributed by atoms with van der Waals surface area (Å²) in [5.74, 6) is -0.141. The minimum absolute atomic E-state index is 0.141. The molecule has 2 heterocycles. The largest absolute Gasteiger partial charge is 0.360 e. The van der Waals surface area contributed by atoms with Crippen LogP contribution in [0.2, 0.25) is 0 Å². The molecule has 2 N–H and O–H groups in total. The Labute approximate surface area is 145 Å². The Bertz CT molecular complexity index is 1060. The second kappa shape index (κ2) is 5.94. The van der Waals surface area contributed by atoms with Gasteiger partial charge in [0, 0.05) is 35.3 Å². The lowest BCUT2D eigenvalue weighted by Crippen LogP contribution is -2.12. The van der Waals surface area contributed by atoms with Crippen LogP contribution in [0, 0.1) is 6.92 Å². The summed E-state index contributed by atoms with van der Waals surface area (Å²) in [7, 11) is 1.89. The highest BCUT2D eigenvalue weighted by Crippen LogP contribution is 2.35. The molecule has 0 aliphatic carbocycles. The van der Waals surface area contributed by atoms with Crippen LogP contribution in [-0.2, 0) is 7.05 Å². The van der Waals surface area contributed by atoms with Crippen LogP contribution in [0.15, 0.2) is 60.8 Å². The number of para-hydroxylation sites is 1. The first kappa shape index (κ1) is 15.2. The first-order valence-corrected chi connectivity index (χ1v) is 8.11. The summed E-state index contributed by atoms with van der Waals surface area (Å²) in [4.78, 5) is 15.9. The molecular formula is C20H18N4O. The number of aryl methyl sites for hydroxylation is 2. The third-order valence-electron chi connectivity index (χ3n) is 4.34. The molecule has 0 aliphatic rings. The second-order valence-electron chi connectivity index (χ2n) is 6.00. The van der Waals surface area contributed by atoms with Crippen LogP contribution in [0.5, 0.6) is 0 Å². The fraction of sp³-hybridized carbons (Fsp3) is 0.100. The summed E-state index contributed by atoms with van der Waals surface area (Å²) in [6.45, 7) is 1.90. The zero-order chi connectivity index (χ0) is 17.4. The van der Waals surface area contributed by atoms with Gasteiger partial charge < -0.3 is 10.3 Å². The van der Waals surface area contributed by atoms with Crippen molar-refractivity contribution in [2.45, 2.75) is 6.92 Å². The molecule has 0 spiro atoms. The number of aromatic amines is 1. The lowest BCUT2D eigenvalue weighted by molar-refractivity contribution is 0.102. The monoisotopic (exact) mass is 330 g/mol. The van der Waals surface area contributed by atoms with E-state index in [0.717, 1.165) is 33.5 Å². The van der Waals surface area contributed by atoms with Gasteiger partial charge >= 0.3 is 0 Å². The van der Waals surface area contributed by atoms with Crippen LogP contribution in [-0.4, -0.2) is 20.7 Å². The molecule has 5 nitrogen and oxygen atoms in total. The molecule has 0 fully saturated rings. The second-order valence-corrected chi connectivity index (χ2v) is 6.00. The van der Waals surface area contributed by atoms with E-state index < -0.39 is 0 Å². The van der Waals surface area contributed by atoms with Gasteiger partial charge in [-0.25, -0.2) is 0 Å². The van der Waals surface area contributed by atoms with Gasteiger partial charge in [0.1, 0.15) is 0 Å². The van der Waals surface area contributed by atoms with Crippen LogP contribution >= 0.6 is 0 Å². The molecule has 2 aromatic heterocycles. The minimum atomic E-state index is -0.141. The highest BCUT2D eigenvalue weighted by atomic mass is 16.1. The molecule has 2 aromatic carbocycles. The Kier molecular flexibility index (Phi) is 3.61. The summed E-state index contributed by atoms with van der Waals surface area (Å²) in [6, 6.07) is 17.3. The molecule has 124 valence electrons. The van der Waals surface area contributed by atoms with E-state index in [-0.39, 0.29) is 5.91 Å².